The molecule has 0 aliphatic carbocycles. The van der Waals surface area contributed by atoms with Gasteiger partial charge >= 0.3 is 0 Å². The van der Waals surface area contributed by atoms with Crippen molar-refractivity contribution in [1.82, 2.24) is 5.32 Å². The third kappa shape index (κ3) is 16.5. The molecule has 0 saturated carbocycles. The van der Waals surface area contributed by atoms with Crippen LogP contribution < -0.4 is 9.88 Å². The molecule has 1 rings (SSSR count). The number of unbranched alkanes of at least 4 members (excludes halogenated alkanes) is 11. The van der Waals surface area contributed by atoms with Crippen molar-refractivity contribution in [2.75, 3.05) is 6.61 Å². The number of allylic oxidation sites excluding steroid dienone is 1. The van der Waals surface area contributed by atoms with Gasteiger partial charge in [0.25, 0.3) is 5.91 Å². The summed E-state index contributed by atoms with van der Waals surface area (Å²) < 4.78 is 7.49. The van der Waals surface area contributed by atoms with Gasteiger partial charge < -0.3 is 15.2 Å². The Kier molecular flexibility index (Phi) is 17.5. The molecule has 0 bridgehead atoms. The summed E-state index contributed by atoms with van der Waals surface area (Å²) in [6.07, 6.45) is 22.4. The number of aliphatic hydroxyl groups is 1. The number of rotatable bonds is 20. The van der Waals surface area contributed by atoms with Gasteiger partial charge in [-0.15, -0.1) is 0 Å². The van der Waals surface area contributed by atoms with Crippen molar-refractivity contribution in [3.05, 3.63) is 42.7 Å². The Morgan fingerprint density at radius 3 is 2.09 bits per heavy atom. The van der Waals surface area contributed by atoms with Crippen molar-refractivity contribution in [2.24, 2.45) is 0 Å². The van der Waals surface area contributed by atoms with Gasteiger partial charge in [-0.25, -0.2) is 0 Å². The molecule has 1 amide bonds. The van der Waals surface area contributed by atoms with E-state index in [0.717, 1.165) is 12.8 Å². The standard InChI is InChI=1S/C28H48N2O3/c1-4-5-6-7-8-9-10-11-12-13-14-15-17-20-27(31)26(24-33-25(2)3)29-28(32)23-30-21-18-16-19-22-30/h16-22,25-27,31H,4-15,23-24H2,1-3H3/p+1/b20-17+/t26-,27-/m0/s1. The molecule has 0 aliphatic heterocycles. The van der Waals surface area contributed by atoms with Gasteiger partial charge in [0, 0.05) is 12.1 Å². The number of nitrogens with one attached hydrogen (secondary N) is 1. The molecular weight excluding hydrogens is 412 g/mol. The lowest BCUT2D eigenvalue weighted by Gasteiger charge is -2.22. The minimum atomic E-state index is -0.763. The molecule has 5 nitrogen and oxygen atoms in total. The van der Waals surface area contributed by atoms with Gasteiger partial charge in [0.05, 0.1) is 24.9 Å². The fourth-order valence-electron chi connectivity index (χ4n) is 3.78. The third-order valence-electron chi connectivity index (χ3n) is 5.78. The molecule has 0 aliphatic rings. The van der Waals surface area contributed by atoms with E-state index >= 15 is 0 Å². The average molecular weight is 462 g/mol. The van der Waals surface area contributed by atoms with Crippen LogP contribution in [0.4, 0.5) is 0 Å². The summed E-state index contributed by atoms with van der Waals surface area (Å²) in [5.74, 6) is -0.138. The van der Waals surface area contributed by atoms with Crippen LogP contribution in [-0.2, 0) is 16.1 Å². The lowest BCUT2D eigenvalue weighted by Crippen LogP contribution is -2.50. The molecule has 33 heavy (non-hydrogen) atoms. The number of amides is 1. The highest BCUT2D eigenvalue weighted by Gasteiger charge is 2.21. The summed E-state index contributed by atoms with van der Waals surface area (Å²) in [4.78, 5) is 12.4. The molecule has 5 heteroatoms. The fraction of sp³-hybridized carbons (Fsp3) is 0.714. The van der Waals surface area contributed by atoms with Gasteiger partial charge in [-0.3, -0.25) is 4.79 Å². The highest BCUT2D eigenvalue weighted by Crippen LogP contribution is 2.12. The highest BCUT2D eigenvalue weighted by molar-refractivity contribution is 5.74. The Balaban J connectivity index is 2.25. The maximum atomic E-state index is 12.4. The number of carbonyl (C=O) groups is 1. The van der Waals surface area contributed by atoms with Crippen LogP contribution in [0.2, 0.25) is 0 Å². The molecule has 2 atom stereocenters. The van der Waals surface area contributed by atoms with Gasteiger partial charge in [0.15, 0.2) is 12.4 Å². The molecule has 0 fully saturated rings. The molecule has 1 aromatic heterocycles. The first kappa shape index (κ1) is 29.3. The number of hydrogen-bond donors (Lipinski definition) is 2. The van der Waals surface area contributed by atoms with Crippen LogP contribution in [0.5, 0.6) is 0 Å². The van der Waals surface area contributed by atoms with Crippen LogP contribution in [0.1, 0.15) is 97.8 Å². The molecule has 0 saturated heterocycles. The van der Waals surface area contributed by atoms with Gasteiger partial charge in [0.1, 0.15) is 0 Å². The molecule has 0 radical (unpaired) electrons. The number of aliphatic hydroxyl groups excluding tert-OH is 1. The third-order valence-corrected chi connectivity index (χ3v) is 5.78. The number of aromatic nitrogens is 1. The monoisotopic (exact) mass is 461 g/mol. The van der Waals surface area contributed by atoms with Crippen molar-refractivity contribution >= 4 is 5.91 Å². The number of carbonyl (C=O) groups excluding carboxylic acids is 1. The first-order valence-corrected chi connectivity index (χ1v) is 13.2. The van der Waals surface area contributed by atoms with E-state index in [0.29, 0.717) is 0 Å². The van der Waals surface area contributed by atoms with E-state index in [4.69, 9.17) is 4.74 Å². The SMILES string of the molecule is CCCCCCCCCCCCC/C=C/[C@H](O)[C@H](COC(C)C)NC(=O)C[n+]1ccccc1. The van der Waals surface area contributed by atoms with Crippen LogP contribution in [0, 0.1) is 0 Å². The second kappa shape index (κ2) is 19.7. The maximum Gasteiger partial charge on any atom is 0.286 e. The van der Waals surface area contributed by atoms with E-state index < -0.39 is 12.1 Å². The summed E-state index contributed by atoms with van der Waals surface area (Å²) >= 11 is 0. The predicted molar refractivity (Wildman–Crippen MR) is 136 cm³/mol. The predicted octanol–water partition coefficient (Wildman–Crippen LogP) is 5.50. The number of pyridine rings is 1. The van der Waals surface area contributed by atoms with E-state index in [2.05, 4.69) is 12.2 Å². The maximum absolute atomic E-state index is 12.4. The van der Waals surface area contributed by atoms with E-state index in [9.17, 15) is 9.90 Å². The van der Waals surface area contributed by atoms with Crippen molar-refractivity contribution in [1.29, 1.82) is 0 Å². The Morgan fingerprint density at radius 1 is 0.939 bits per heavy atom. The molecule has 188 valence electrons. The van der Waals surface area contributed by atoms with Crippen LogP contribution in [0.25, 0.3) is 0 Å². The van der Waals surface area contributed by atoms with Crippen LogP contribution in [0.3, 0.4) is 0 Å². The zero-order valence-electron chi connectivity index (χ0n) is 21.4. The molecule has 0 aromatic carbocycles. The fourth-order valence-corrected chi connectivity index (χ4v) is 3.78. The topological polar surface area (TPSA) is 62.4 Å². The largest absolute Gasteiger partial charge is 0.387 e. The average Bonchev–Trinajstić information content (AvgIpc) is 2.80. The molecule has 2 N–H and O–H groups in total. The number of hydrogen-bond acceptors (Lipinski definition) is 3. The van der Waals surface area contributed by atoms with Gasteiger partial charge in [-0.2, -0.15) is 4.57 Å². The van der Waals surface area contributed by atoms with Gasteiger partial charge in [0.2, 0.25) is 6.54 Å². The summed E-state index contributed by atoms with van der Waals surface area (Å²) in [6, 6.07) is 5.23. The molecular formula is C28H49N2O3+. The van der Waals surface area contributed by atoms with Crippen LogP contribution in [0.15, 0.2) is 42.7 Å². The molecule has 0 spiro atoms. The Hall–Kier alpha value is -1.72. The number of ether oxygens (including phenoxy) is 1. The van der Waals surface area contributed by atoms with Crippen molar-refractivity contribution in [2.45, 2.75) is 123 Å². The van der Waals surface area contributed by atoms with Crippen LogP contribution >= 0.6 is 0 Å². The summed E-state index contributed by atoms with van der Waals surface area (Å²) in [7, 11) is 0. The summed E-state index contributed by atoms with van der Waals surface area (Å²) in [5, 5.41) is 13.6. The Bertz CT molecular complexity index is 619. The smallest absolute Gasteiger partial charge is 0.286 e. The Labute approximate surface area is 202 Å². The molecule has 0 unspecified atom stereocenters. The summed E-state index contributed by atoms with van der Waals surface area (Å²) in [6.45, 7) is 6.67. The second-order valence-corrected chi connectivity index (χ2v) is 9.35. The minimum absolute atomic E-state index is 0.0421. The number of nitrogens with zero attached hydrogens (tertiary/aromatic N) is 1. The second-order valence-electron chi connectivity index (χ2n) is 9.35. The first-order chi connectivity index (χ1) is 16.0. The zero-order chi connectivity index (χ0) is 24.2. The minimum Gasteiger partial charge on any atom is -0.387 e. The molecule has 1 aromatic rings. The lowest BCUT2D eigenvalue weighted by molar-refractivity contribution is -0.684. The van der Waals surface area contributed by atoms with E-state index in [-0.39, 0.29) is 25.2 Å². The first-order valence-electron chi connectivity index (χ1n) is 13.2. The van der Waals surface area contributed by atoms with E-state index in [1.54, 1.807) is 6.08 Å². The van der Waals surface area contributed by atoms with Crippen molar-refractivity contribution < 1.29 is 19.2 Å². The van der Waals surface area contributed by atoms with Crippen molar-refractivity contribution in [3.8, 4) is 0 Å². The quantitative estimate of drug-likeness (QED) is 0.153. The lowest BCUT2D eigenvalue weighted by atomic mass is 10.0. The van der Waals surface area contributed by atoms with Crippen molar-refractivity contribution in [3.63, 3.8) is 0 Å². The summed E-state index contributed by atoms with van der Waals surface area (Å²) in [5.41, 5.74) is 0. The van der Waals surface area contributed by atoms with Crippen LogP contribution in [-0.4, -0.2) is 35.9 Å². The van der Waals surface area contributed by atoms with Gasteiger partial charge in [-0.05, 0) is 26.7 Å². The highest BCUT2D eigenvalue weighted by atomic mass is 16.5. The zero-order valence-corrected chi connectivity index (χ0v) is 21.4. The molecule has 1 heterocycles. The normalized spacial score (nSPS) is 13.5. The van der Waals surface area contributed by atoms with Gasteiger partial charge in [-0.1, -0.05) is 89.4 Å². The van der Waals surface area contributed by atoms with E-state index in [1.807, 2.05) is 55.1 Å². The van der Waals surface area contributed by atoms with E-state index in [1.165, 1.54) is 64.2 Å². The Morgan fingerprint density at radius 2 is 1.52 bits per heavy atom.